The molecular formula is C11H8ClFN2O3S. The smallest absolute Gasteiger partial charge is 0.286 e. The lowest BCUT2D eigenvalue weighted by Gasteiger charge is -2.02. The van der Waals surface area contributed by atoms with Gasteiger partial charge in [-0.3, -0.25) is 14.4 Å². The summed E-state index contributed by atoms with van der Waals surface area (Å²) in [5.41, 5.74) is 6.88. The second-order valence-electron chi connectivity index (χ2n) is 3.57. The topological polar surface area (TPSA) is 81.4 Å². The van der Waals surface area contributed by atoms with Gasteiger partial charge in [0.2, 0.25) is 5.91 Å². The molecule has 1 aromatic carbocycles. The molecule has 1 heterocycles. The van der Waals surface area contributed by atoms with Gasteiger partial charge in [0.05, 0.1) is 5.02 Å². The van der Waals surface area contributed by atoms with Crippen molar-refractivity contribution in [3.63, 3.8) is 0 Å². The van der Waals surface area contributed by atoms with E-state index in [1.165, 1.54) is 18.2 Å². The highest BCUT2D eigenvalue weighted by Gasteiger charge is 2.17. The van der Waals surface area contributed by atoms with Gasteiger partial charge in [0, 0.05) is 10.1 Å². The highest BCUT2D eigenvalue weighted by molar-refractivity contribution is 7.21. The largest absolute Gasteiger partial charge is 0.368 e. The fraction of sp³-hybridized carbons (Fsp3) is 0.0909. The molecule has 0 unspecified atom stereocenters. The maximum Gasteiger partial charge on any atom is 0.286 e. The quantitative estimate of drug-likeness (QED) is 0.846. The van der Waals surface area contributed by atoms with Crippen LogP contribution in [0.15, 0.2) is 18.2 Å². The van der Waals surface area contributed by atoms with Crippen LogP contribution in [0, 0.1) is 5.82 Å². The molecule has 8 heteroatoms. The summed E-state index contributed by atoms with van der Waals surface area (Å²) >= 11 is 7.05. The zero-order chi connectivity index (χ0) is 14.0. The van der Waals surface area contributed by atoms with Crippen LogP contribution in [-0.2, 0) is 9.63 Å². The van der Waals surface area contributed by atoms with Crippen molar-refractivity contribution >= 4 is 44.8 Å². The first-order valence-electron chi connectivity index (χ1n) is 5.07. The van der Waals surface area contributed by atoms with Gasteiger partial charge < -0.3 is 5.73 Å². The Morgan fingerprint density at radius 3 is 2.89 bits per heavy atom. The minimum Gasteiger partial charge on any atom is -0.368 e. The van der Waals surface area contributed by atoms with Crippen molar-refractivity contribution in [2.75, 3.05) is 6.61 Å². The van der Waals surface area contributed by atoms with Gasteiger partial charge in [0.15, 0.2) is 6.61 Å². The molecule has 0 radical (unpaired) electrons. The summed E-state index contributed by atoms with van der Waals surface area (Å²) in [6.45, 7) is -0.442. The minimum atomic E-state index is -0.718. The molecule has 1 aromatic heterocycles. The third-order valence-electron chi connectivity index (χ3n) is 2.18. The summed E-state index contributed by atoms with van der Waals surface area (Å²) in [6.07, 6.45) is 0. The minimum absolute atomic E-state index is 0.173. The SMILES string of the molecule is NC(=O)CONC(=O)c1sc2cc(F)ccc2c1Cl. The average Bonchev–Trinajstić information content (AvgIpc) is 2.65. The zero-order valence-electron chi connectivity index (χ0n) is 9.41. The van der Waals surface area contributed by atoms with E-state index in [9.17, 15) is 14.0 Å². The van der Waals surface area contributed by atoms with E-state index in [1.807, 2.05) is 5.48 Å². The number of hydroxylamine groups is 1. The third-order valence-corrected chi connectivity index (χ3v) is 3.83. The van der Waals surface area contributed by atoms with Crippen molar-refractivity contribution in [3.05, 3.63) is 33.9 Å². The Labute approximate surface area is 116 Å². The maximum absolute atomic E-state index is 13.1. The number of amides is 2. The van der Waals surface area contributed by atoms with E-state index in [-0.39, 0.29) is 9.90 Å². The molecule has 0 aliphatic rings. The van der Waals surface area contributed by atoms with E-state index in [0.717, 1.165) is 11.3 Å². The third kappa shape index (κ3) is 3.01. The molecule has 0 bridgehead atoms. The molecule has 0 aliphatic heterocycles. The number of benzene rings is 1. The van der Waals surface area contributed by atoms with Crippen molar-refractivity contribution in [1.82, 2.24) is 5.48 Å². The van der Waals surface area contributed by atoms with Crippen LogP contribution in [0.5, 0.6) is 0 Å². The van der Waals surface area contributed by atoms with Crippen LogP contribution < -0.4 is 11.2 Å². The van der Waals surface area contributed by atoms with Gasteiger partial charge in [-0.25, -0.2) is 9.87 Å². The fourth-order valence-corrected chi connectivity index (χ4v) is 2.83. The van der Waals surface area contributed by atoms with Crippen LogP contribution in [0.4, 0.5) is 4.39 Å². The Balaban J connectivity index is 2.22. The monoisotopic (exact) mass is 302 g/mol. The van der Waals surface area contributed by atoms with Gasteiger partial charge in [-0.2, -0.15) is 0 Å². The van der Waals surface area contributed by atoms with Crippen LogP contribution in [0.3, 0.4) is 0 Å². The number of nitrogens with two attached hydrogens (primary N) is 1. The summed E-state index contributed by atoms with van der Waals surface area (Å²) in [7, 11) is 0. The number of hydrogen-bond acceptors (Lipinski definition) is 4. The van der Waals surface area contributed by atoms with Crippen molar-refractivity contribution in [2.45, 2.75) is 0 Å². The fourth-order valence-electron chi connectivity index (χ4n) is 1.40. The lowest BCUT2D eigenvalue weighted by atomic mass is 10.2. The Morgan fingerprint density at radius 2 is 2.21 bits per heavy atom. The van der Waals surface area contributed by atoms with E-state index in [2.05, 4.69) is 4.84 Å². The molecule has 2 aromatic rings. The molecule has 19 heavy (non-hydrogen) atoms. The van der Waals surface area contributed by atoms with Gasteiger partial charge in [-0.1, -0.05) is 11.6 Å². The Hall–Kier alpha value is -1.70. The number of fused-ring (bicyclic) bond motifs is 1. The summed E-state index contributed by atoms with van der Waals surface area (Å²) in [5.74, 6) is -1.75. The molecule has 100 valence electrons. The molecule has 0 saturated heterocycles. The first-order valence-corrected chi connectivity index (χ1v) is 6.26. The van der Waals surface area contributed by atoms with Crippen molar-refractivity contribution < 1.29 is 18.8 Å². The lowest BCUT2D eigenvalue weighted by Crippen LogP contribution is -2.29. The number of carbonyl (C=O) groups excluding carboxylic acids is 2. The number of primary amides is 1. The van der Waals surface area contributed by atoms with Crippen LogP contribution in [0.2, 0.25) is 5.02 Å². The van der Waals surface area contributed by atoms with Crippen LogP contribution in [0.1, 0.15) is 9.67 Å². The van der Waals surface area contributed by atoms with Gasteiger partial charge in [-0.05, 0) is 18.2 Å². The molecule has 3 N–H and O–H groups in total. The standard InChI is InChI=1S/C11H8ClFN2O3S/c12-9-6-2-1-5(13)3-7(6)19-10(9)11(17)15-18-4-8(14)16/h1-3H,4H2,(H2,14,16)(H,15,17). The van der Waals surface area contributed by atoms with E-state index < -0.39 is 24.2 Å². The molecule has 0 saturated carbocycles. The van der Waals surface area contributed by atoms with E-state index in [4.69, 9.17) is 17.3 Å². The molecule has 0 spiro atoms. The number of hydrogen-bond donors (Lipinski definition) is 2. The van der Waals surface area contributed by atoms with Crippen molar-refractivity contribution in [1.29, 1.82) is 0 Å². The summed E-state index contributed by atoms with van der Waals surface area (Å²) in [6, 6.07) is 4.03. The Morgan fingerprint density at radius 1 is 1.47 bits per heavy atom. The van der Waals surface area contributed by atoms with Crippen molar-refractivity contribution in [2.24, 2.45) is 5.73 Å². The van der Waals surface area contributed by atoms with E-state index in [0.29, 0.717) is 10.1 Å². The molecule has 2 rings (SSSR count). The van der Waals surface area contributed by atoms with Crippen LogP contribution in [-0.4, -0.2) is 18.4 Å². The molecule has 0 fully saturated rings. The highest BCUT2D eigenvalue weighted by Crippen LogP contribution is 2.35. The normalized spacial score (nSPS) is 10.6. The summed E-state index contributed by atoms with van der Waals surface area (Å²) in [5, 5.41) is 0.785. The summed E-state index contributed by atoms with van der Waals surface area (Å²) < 4.78 is 13.6. The lowest BCUT2D eigenvalue weighted by molar-refractivity contribution is -0.124. The van der Waals surface area contributed by atoms with Gasteiger partial charge in [0.1, 0.15) is 10.7 Å². The van der Waals surface area contributed by atoms with Gasteiger partial charge in [-0.15, -0.1) is 11.3 Å². The van der Waals surface area contributed by atoms with E-state index >= 15 is 0 Å². The number of nitrogens with one attached hydrogen (secondary N) is 1. The first kappa shape index (κ1) is 13.7. The maximum atomic E-state index is 13.1. The molecule has 0 aliphatic carbocycles. The Kier molecular flexibility index (Phi) is 3.98. The first-order chi connectivity index (χ1) is 8.99. The zero-order valence-corrected chi connectivity index (χ0v) is 11.0. The Bertz CT molecular complexity index is 659. The predicted octanol–water partition coefficient (Wildman–Crippen LogP) is 1.84. The van der Waals surface area contributed by atoms with Crippen molar-refractivity contribution in [3.8, 4) is 0 Å². The van der Waals surface area contributed by atoms with Crippen LogP contribution in [0.25, 0.3) is 10.1 Å². The highest BCUT2D eigenvalue weighted by atomic mass is 35.5. The number of carbonyl (C=O) groups is 2. The molecule has 5 nitrogen and oxygen atoms in total. The number of rotatable bonds is 4. The second-order valence-corrected chi connectivity index (χ2v) is 5.00. The number of halogens is 2. The van der Waals surface area contributed by atoms with Gasteiger partial charge in [0.25, 0.3) is 5.91 Å². The second kappa shape index (κ2) is 5.52. The van der Waals surface area contributed by atoms with E-state index in [1.54, 1.807) is 0 Å². The molecular weight excluding hydrogens is 295 g/mol. The number of thiophene rings is 1. The van der Waals surface area contributed by atoms with Gasteiger partial charge >= 0.3 is 0 Å². The molecule has 2 amide bonds. The predicted molar refractivity (Wildman–Crippen MR) is 69.4 cm³/mol. The van der Waals surface area contributed by atoms with Crippen LogP contribution >= 0.6 is 22.9 Å². The average molecular weight is 303 g/mol. The summed E-state index contributed by atoms with van der Waals surface area (Å²) in [4.78, 5) is 26.9. The molecule has 0 atom stereocenters.